The molecule has 0 saturated heterocycles. The van der Waals surface area contributed by atoms with E-state index >= 15 is 0 Å². The lowest BCUT2D eigenvalue weighted by Gasteiger charge is -2.22. The van der Waals surface area contributed by atoms with Gasteiger partial charge in [0.15, 0.2) is 11.6 Å². The van der Waals surface area contributed by atoms with E-state index in [1.54, 1.807) is 20.3 Å². The molecule has 188 valence electrons. The second-order valence-corrected chi connectivity index (χ2v) is 6.95. The van der Waals surface area contributed by atoms with Gasteiger partial charge in [-0.15, -0.1) is 0 Å². The minimum atomic E-state index is -3.58. The molecule has 8 N–H and O–H groups in total. The number of carbonyl (C=O) groups is 10. The SMILES string of the molecule is CC(=O)C(C(C)=O)(C(=O)O)C(=O)O.[2H]C(=O)NPNC(=O)C(C(=O)O)(C(=O)O)C(=O)NPNC([2H])=O. The third kappa shape index (κ3) is 6.98. The molecule has 0 heterocycles. The Morgan fingerprint density at radius 1 is 0.647 bits per heavy atom. The fourth-order valence-corrected chi connectivity index (χ4v) is 2.77. The number of carboxylic acids is 4. The van der Waals surface area contributed by atoms with Gasteiger partial charge in [-0.1, -0.05) is 0 Å². The number of aliphatic carboxylic acids is 4. The van der Waals surface area contributed by atoms with E-state index in [-0.39, 0.29) is 0 Å². The quantitative estimate of drug-likeness (QED) is 0.0682. The molecule has 20 heteroatoms. The zero-order valence-corrected chi connectivity index (χ0v) is 18.9. The third-order valence-corrected chi connectivity index (χ3v) is 4.76. The smallest absolute Gasteiger partial charge is 0.340 e. The second kappa shape index (κ2) is 14.2. The molecule has 0 rings (SSSR count). The molecule has 0 aromatic rings. The van der Waals surface area contributed by atoms with Gasteiger partial charge in [-0.05, 0) is 13.8 Å². The molecule has 18 nitrogen and oxygen atoms in total. The van der Waals surface area contributed by atoms with Crippen molar-refractivity contribution >= 4 is 77.8 Å². The summed E-state index contributed by atoms with van der Waals surface area (Å²) in [6.45, 7) is 1.51. The number of hydrogen-bond donors (Lipinski definition) is 8. The Balaban J connectivity index is 0. The molecule has 0 radical (unpaired) electrons. The zero-order chi connectivity index (χ0) is 29.0. The highest BCUT2D eigenvalue weighted by molar-refractivity contribution is 7.35. The van der Waals surface area contributed by atoms with E-state index in [1.165, 1.54) is 0 Å². The van der Waals surface area contributed by atoms with Crippen LogP contribution in [0.25, 0.3) is 0 Å². The maximum atomic E-state index is 11.8. The van der Waals surface area contributed by atoms with Gasteiger partial charge in [-0.3, -0.25) is 38.4 Å². The van der Waals surface area contributed by atoms with Crippen molar-refractivity contribution in [3.63, 3.8) is 0 Å². The minimum absolute atomic E-state index is 0.754. The van der Waals surface area contributed by atoms with E-state index in [4.69, 9.17) is 23.2 Å². The van der Waals surface area contributed by atoms with E-state index in [2.05, 4.69) is 0 Å². The van der Waals surface area contributed by atoms with Crippen molar-refractivity contribution in [2.75, 3.05) is 0 Å². The standard InChI is InChI=1S/C7H10N4O8P2.C7H8O6/c12-1-8-20-10-3(14)7(5(16)17,6(18)19)4(15)11-21-9-2-13;1-3(8)7(4(2)9,5(10)11)6(12)13/h1-2,20-21H,(H,8,12)(H,9,13)(H,10,14)(H,11,15)(H,16,17)(H,18,19);1-2H3,(H,10,11)(H,12,13)/i1D,2D;. The van der Waals surface area contributed by atoms with Crippen LogP contribution in [0.4, 0.5) is 0 Å². The van der Waals surface area contributed by atoms with Crippen LogP contribution in [0.5, 0.6) is 0 Å². The summed E-state index contributed by atoms with van der Waals surface area (Å²) in [5.41, 5.74) is -6.53. The van der Waals surface area contributed by atoms with E-state index in [1.807, 2.05) is 0 Å². The lowest BCUT2D eigenvalue weighted by atomic mass is 9.80. The molecule has 0 bridgehead atoms. The Morgan fingerprint density at radius 2 is 0.912 bits per heavy atom. The van der Waals surface area contributed by atoms with Crippen LogP contribution < -0.4 is 20.3 Å². The molecule has 0 saturated carbocycles. The van der Waals surface area contributed by atoms with Crippen molar-refractivity contribution in [3.8, 4) is 0 Å². The Labute approximate surface area is 194 Å². The average Bonchev–Trinajstić information content (AvgIpc) is 2.66. The number of amides is 4. The molecular weight excluding hydrogens is 510 g/mol. The summed E-state index contributed by atoms with van der Waals surface area (Å²) in [6.07, 6.45) is -2.66. The predicted molar refractivity (Wildman–Crippen MR) is 108 cm³/mol. The summed E-state index contributed by atoms with van der Waals surface area (Å²) >= 11 is 0. The molecule has 0 spiro atoms. The lowest BCUT2D eigenvalue weighted by Crippen LogP contribution is -2.59. The highest BCUT2D eigenvalue weighted by Crippen LogP contribution is 2.23. The molecule has 0 aliphatic carbocycles. The fourth-order valence-electron chi connectivity index (χ4n) is 1.94. The first-order chi connectivity index (χ1) is 16.3. The van der Waals surface area contributed by atoms with Crippen molar-refractivity contribution in [3.05, 3.63) is 0 Å². The molecular formula is C14H18N4O14P2. The molecule has 4 amide bonds. The molecule has 0 aliphatic rings. The number of carbonyl (C=O) groups excluding carboxylic acids is 6. The van der Waals surface area contributed by atoms with Crippen LogP contribution >= 0.6 is 17.8 Å². The van der Waals surface area contributed by atoms with Crippen molar-refractivity contribution in [1.29, 1.82) is 0 Å². The Hall–Kier alpha value is -4.04. The van der Waals surface area contributed by atoms with Crippen LogP contribution in [0.3, 0.4) is 0 Å². The lowest BCUT2D eigenvalue weighted by molar-refractivity contribution is -0.174. The van der Waals surface area contributed by atoms with Gasteiger partial charge in [-0.25, -0.2) is 9.59 Å². The Bertz CT molecular complexity index is 895. The van der Waals surface area contributed by atoms with Crippen molar-refractivity contribution in [2.24, 2.45) is 10.8 Å². The highest BCUT2D eigenvalue weighted by atomic mass is 31.1. The average molecular weight is 530 g/mol. The zero-order valence-electron chi connectivity index (χ0n) is 18.9. The summed E-state index contributed by atoms with van der Waals surface area (Å²) in [5.74, 6) is -14.5. The number of hydrogen-bond acceptors (Lipinski definition) is 10. The van der Waals surface area contributed by atoms with Gasteiger partial charge in [0.25, 0.3) is 17.2 Å². The summed E-state index contributed by atoms with van der Waals surface area (Å²) in [6, 6.07) is 0. The molecule has 0 aromatic carbocycles. The largest absolute Gasteiger partial charge is 0.480 e. The van der Waals surface area contributed by atoms with Gasteiger partial charge < -0.3 is 40.8 Å². The van der Waals surface area contributed by atoms with E-state index in [0.717, 1.165) is 13.8 Å². The normalized spacial score (nSPS) is 11.7. The summed E-state index contributed by atoms with van der Waals surface area (Å²) in [4.78, 5) is 109. The number of carboxylic acid groups (broad SMARTS) is 4. The third-order valence-electron chi connectivity index (χ3n) is 3.60. The summed E-state index contributed by atoms with van der Waals surface area (Å²) < 4.78 is 13.0. The molecule has 0 aromatic heterocycles. The Kier molecular flexibility index (Phi) is 11.7. The van der Waals surface area contributed by atoms with Gasteiger partial charge in [0.1, 0.15) is 2.74 Å². The topological polar surface area (TPSA) is 300 Å². The number of Topliss-reactive ketones (excluding diaryl/α,β-unsaturated/α-hetero) is 2. The van der Waals surface area contributed by atoms with Crippen molar-refractivity contribution in [2.45, 2.75) is 13.8 Å². The van der Waals surface area contributed by atoms with Crippen LogP contribution in [0.15, 0.2) is 0 Å². The van der Waals surface area contributed by atoms with Gasteiger partial charge >= 0.3 is 29.3 Å². The summed E-state index contributed by atoms with van der Waals surface area (Å²) in [7, 11) is -2.10. The van der Waals surface area contributed by atoms with Crippen LogP contribution in [-0.2, 0) is 47.9 Å². The number of rotatable bonds is 12. The molecule has 2 atom stereocenters. The van der Waals surface area contributed by atoms with E-state index in [9.17, 15) is 47.9 Å². The molecule has 2 unspecified atom stereocenters. The van der Waals surface area contributed by atoms with Crippen molar-refractivity contribution < 1.29 is 71.1 Å². The van der Waals surface area contributed by atoms with Crippen molar-refractivity contribution in [1.82, 2.24) is 20.3 Å². The van der Waals surface area contributed by atoms with Crippen LogP contribution in [0.1, 0.15) is 16.6 Å². The monoisotopic (exact) mass is 530 g/mol. The molecule has 34 heavy (non-hydrogen) atoms. The number of ketones is 2. The molecule has 0 aliphatic heterocycles. The minimum Gasteiger partial charge on any atom is -0.480 e. The van der Waals surface area contributed by atoms with Gasteiger partial charge in [0.2, 0.25) is 12.8 Å². The maximum absolute atomic E-state index is 11.8. The Morgan fingerprint density at radius 3 is 1.06 bits per heavy atom. The van der Waals surface area contributed by atoms with Gasteiger partial charge in [-0.2, -0.15) is 0 Å². The van der Waals surface area contributed by atoms with Gasteiger partial charge in [0, 0.05) is 0 Å². The van der Waals surface area contributed by atoms with Gasteiger partial charge in [0.05, 0.1) is 17.8 Å². The molecule has 0 fully saturated rings. The number of nitrogens with one attached hydrogen (secondary N) is 4. The first-order valence-electron chi connectivity index (χ1n) is 8.94. The first-order valence-corrected chi connectivity index (χ1v) is 9.94. The first kappa shape index (κ1) is 28.0. The van der Waals surface area contributed by atoms with E-state index < -0.39 is 88.6 Å². The fraction of sp³-hybridized carbons (Fsp3) is 0.286. The highest BCUT2D eigenvalue weighted by Gasteiger charge is 2.61. The summed E-state index contributed by atoms with van der Waals surface area (Å²) in [5, 5.41) is 41.9. The maximum Gasteiger partial charge on any atom is 0.340 e. The van der Waals surface area contributed by atoms with Crippen LogP contribution in [-0.4, -0.2) is 80.5 Å². The second-order valence-electron chi connectivity index (χ2n) is 5.45. The predicted octanol–water partition coefficient (Wildman–Crippen LogP) is -3.80. The van der Waals surface area contributed by atoms with E-state index in [0.29, 0.717) is 0 Å². The van der Waals surface area contributed by atoms with Crippen LogP contribution in [0, 0.1) is 10.8 Å². The van der Waals surface area contributed by atoms with Crippen LogP contribution in [0.2, 0.25) is 0 Å².